The van der Waals surface area contributed by atoms with Gasteiger partial charge >= 0.3 is 6.09 Å². The number of rotatable bonds is 5. The summed E-state index contributed by atoms with van der Waals surface area (Å²) >= 11 is 3.03. The number of benzene rings is 1. The number of carbonyl (C=O) groups is 2. The van der Waals surface area contributed by atoms with Crippen LogP contribution in [-0.2, 0) is 0 Å². The van der Waals surface area contributed by atoms with Crippen LogP contribution in [0, 0.1) is 31.6 Å². The molecular formula is C27H29N5O3S2. The Hall–Kier alpha value is -3.24. The van der Waals surface area contributed by atoms with Crippen LogP contribution in [0.15, 0.2) is 41.9 Å². The van der Waals surface area contributed by atoms with Crippen molar-refractivity contribution in [3.05, 3.63) is 58.3 Å². The Morgan fingerprint density at radius 3 is 2.78 bits per heavy atom. The quantitative estimate of drug-likeness (QED) is 0.369. The lowest BCUT2D eigenvalue weighted by Crippen LogP contribution is -2.46. The topological polar surface area (TPSA) is 88.8 Å². The Bertz CT molecular complexity index is 1460. The van der Waals surface area contributed by atoms with E-state index in [1.54, 1.807) is 15.7 Å². The first-order valence-electron chi connectivity index (χ1n) is 12.6. The second-order valence-electron chi connectivity index (χ2n) is 10.1. The van der Waals surface area contributed by atoms with Crippen LogP contribution in [0.4, 0.5) is 4.79 Å². The van der Waals surface area contributed by atoms with Crippen molar-refractivity contribution in [3.63, 3.8) is 0 Å². The van der Waals surface area contributed by atoms with Gasteiger partial charge in [-0.2, -0.15) is 0 Å². The van der Waals surface area contributed by atoms with E-state index >= 15 is 0 Å². The number of thiazole rings is 2. The van der Waals surface area contributed by atoms with Crippen LogP contribution in [0.2, 0.25) is 0 Å². The number of hydrogen-bond acceptors (Lipinski definition) is 7. The molecule has 37 heavy (non-hydrogen) atoms. The molecule has 1 aliphatic heterocycles. The summed E-state index contributed by atoms with van der Waals surface area (Å²) in [7, 11) is 0. The fourth-order valence-electron chi connectivity index (χ4n) is 6.04. The third-order valence-corrected chi connectivity index (χ3v) is 9.35. The van der Waals surface area contributed by atoms with Gasteiger partial charge in [0.15, 0.2) is 4.96 Å². The first kappa shape index (κ1) is 24.1. The van der Waals surface area contributed by atoms with Crippen molar-refractivity contribution in [2.24, 2.45) is 17.8 Å². The van der Waals surface area contributed by atoms with E-state index in [1.165, 1.54) is 11.3 Å². The largest absolute Gasteiger partial charge is 0.414 e. The Morgan fingerprint density at radius 1 is 1.16 bits per heavy atom. The molecule has 1 saturated carbocycles. The van der Waals surface area contributed by atoms with E-state index in [0.29, 0.717) is 48.1 Å². The fraction of sp³-hybridized carbons (Fsp3) is 0.407. The summed E-state index contributed by atoms with van der Waals surface area (Å²) in [6.07, 6.45) is 3.45. The van der Waals surface area contributed by atoms with Gasteiger partial charge in [0.1, 0.15) is 11.4 Å². The highest BCUT2D eigenvalue weighted by molar-refractivity contribution is 7.15. The van der Waals surface area contributed by atoms with Gasteiger partial charge in [-0.15, -0.1) is 22.7 Å². The average molecular weight is 536 g/mol. The van der Waals surface area contributed by atoms with Crippen LogP contribution in [-0.4, -0.2) is 50.4 Å². The number of hydrogen-bond donors (Lipinski definition) is 1. The molecule has 4 aromatic rings. The van der Waals surface area contributed by atoms with Crippen LogP contribution in [0.1, 0.15) is 41.0 Å². The minimum Gasteiger partial charge on any atom is -0.391 e. The van der Waals surface area contributed by atoms with Crippen LogP contribution >= 0.6 is 22.7 Å². The monoisotopic (exact) mass is 535 g/mol. The van der Waals surface area contributed by atoms with Gasteiger partial charge in [-0.25, -0.2) is 14.8 Å². The van der Waals surface area contributed by atoms with E-state index in [4.69, 9.17) is 4.74 Å². The normalized spacial score (nSPS) is 22.9. The third kappa shape index (κ3) is 4.42. The SMILES string of the molecule is Cc1nc(C(=O)N2C[C@@H]3CC(C)C[C@@H]3[C@H]2CNC(=O)Oc2c(C)nc3sccn23)c(-c2ccccc2)s1. The highest BCUT2D eigenvalue weighted by Crippen LogP contribution is 2.45. The molecule has 4 atom stereocenters. The van der Waals surface area contributed by atoms with E-state index < -0.39 is 6.09 Å². The van der Waals surface area contributed by atoms with Gasteiger partial charge < -0.3 is 15.0 Å². The van der Waals surface area contributed by atoms with Gasteiger partial charge in [0.2, 0.25) is 5.88 Å². The summed E-state index contributed by atoms with van der Waals surface area (Å²) in [6.45, 7) is 7.07. The number of likely N-dealkylation sites (tertiary alicyclic amines) is 1. The molecule has 2 fully saturated rings. The molecule has 4 heterocycles. The highest BCUT2D eigenvalue weighted by atomic mass is 32.1. The number of imidazole rings is 1. The van der Waals surface area contributed by atoms with Crippen LogP contribution in [0.5, 0.6) is 5.88 Å². The second kappa shape index (κ2) is 9.57. The number of aryl methyl sites for hydroxylation is 2. The lowest BCUT2D eigenvalue weighted by molar-refractivity contribution is 0.0702. The Balaban J connectivity index is 1.22. The standard InChI is InChI=1S/C27H29N5O3S2/c1-15-11-19-14-32(24(33)22-23(37-17(3)30-22)18-7-5-4-6-8-18)21(20(19)12-15)13-28-27(34)35-25-16(2)29-26-31(25)9-10-36-26/h4-10,15,19-21H,11-14H2,1-3H3,(H,28,34)/t15?,19-,20-,21+/m0/s1. The number of nitrogens with one attached hydrogen (secondary N) is 1. The molecule has 1 unspecified atom stereocenters. The molecule has 1 saturated heterocycles. The molecule has 2 aliphatic rings. The predicted octanol–water partition coefficient (Wildman–Crippen LogP) is 5.41. The number of ether oxygens (including phenoxy) is 1. The zero-order valence-corrected chi connectivity index (χ0v) is 22.6. The summed E-state index contributed by atoms with van der Waals surface area (Å²) in [5.41, 5.74) is 2.17. The Labute approximate surface area is 223 Å². The number of aromatic nitrogens is 3. The Morgan fingerprint density at radius 2 is 1.97 bits per heavy atom. The summed E-state index contributed by atoms with van der Waals surface area (Å²) in [5.74, 6) is 1.76. The summed E-state index contributed by atoms with van der Waals surface area (Å²) < 4.78 is 7.43. The van der Waals surface area contributed by atoms with Crippen molar-refractivity contribution in [1.29, 1.82) is 0 Å². The van der Waals surface area contributed by atoms with Gasteiger partial charge in [0.25, 0.3) is 5.91 Å². The van der Waals surface area contributed by atoms with Crippen molar-refractivity contribution in [3.8, 4) is 16.3 Å². The van der Waals surface area contributed by atoms with Crippen molar-refractivity contribution in [2.45, 2.75) is 39.7 Å². The minimum absolute atomic E-state index is 0.0583. The molecule has 0 spiro atoms. The first-order valence-corrected chi connectivity index (χ1v) is 14.3. The number of fused-ring (bicyclic) bond motifs is 2. The van der Waals surface area contributed by atoms with E-state index in [9.17, 15) is 9.59 Å². The zero-order chi connectivity index (χ0) is 25.7. The fourth-order valence-corrected chi connectivity index (χ4v) is 7.71. The van der Waals surface area contributed by atoms with Crippen LogP contribution < -0.4 is 10.1 Å². The predicted molar refractivity (Wildman–Crippen MR) is 144 cm³/mol. The minimum atomic E-state index is -0.535. The summed E-state index contributed by atoms with van der Waals surface area (Å²) in [6, 6.07) is 9.85. The third-order valence-electron chi connectivity index (χ3n) is 7.57. The molecule has 10 heteroatoms. The van der Waals surface area contributed by atoms with Crippen LogP contribution in [0.3, 0.4) is 0 Å². The number of amides is 2. The second-order valence-corrected chi connectivity index (χ2v) is 12.2. The molecule has 3 aromatic heterocycles. The van der Waals surface area contributed by atoms with Gasteiger partial charge in [0, 0.05) is 24.7 Å². The van der Waals surface area contributed by atoms with Gasteiger partial charge in [-0.3, -0.25) is 9.20 Å². The number of nitrogens with zero attached hydrogens (tertiary/aromatic N) is 4. The maximum Gasteiger partial charge on any atom is 0.414 e. The Kier molecular flexibility index (Phi) is 6.24. The first-order chi connectivity index (χ1) is 17.9. The molecule has 1 aliphatic carbocycles. The highest BCUT2D eigenvalue weighted by Gasteiger charge is 2.48. The zero-order valence-electron chi connectivity index (χ0n) is 21.0. The van der Waals surface area contributed by atoms with E-state index in [2.05, 4.69) is 22.2 Å². The van der Waals surface area contributed by atoms with Crippen molar-refractivity contribution in [1.82, 2.24) is 24.6 Å². The van der Waals surface area contributed by atoms with E-state index in [0.717, 1.165) is 33.3 Å². The molecule has 1 N–H and O–H groups in total. The smallest absolute Gasteiger partial charge is 0.391 e. The van der Waals surface area contributed by atoms with Crippen LogP contribution in [0.25, 0.3) is 15.4 Å². The van der Waals surface area contributed by atoms with E-state index in [1.807, 2.05) is 60.7 Å². The molecule has 1 aromatic carbocycles. The lowest BCUT2D eigenvalue weighted by atomic mass is 9.94. The average Bonchev–Trinajstić information content (AvgIpc) is 3.68. The van der Waals surface area contributed by atoms with Gasteiger partial charge in [0.05, 0.1) is 15.9 Å². The lowest BCUT2D eigenvalue weighted by Gasteiger charge is -2.28. The summed E-state index contributed by atoms with van der Waals surface area (Å²) in [4.78, 5) is 39.5. The molecule has 0 bridgehead atoms. The van der Waals surface area contributed by atoms with Crippen molar-refractivity contribution < 1.29 is 14.3 Å². The van der Waals surface area contributed by atoms with E-state index in [-0.39, 0.29) is 11.9 Å². The maximum absolute atomic E-state index is 14.0. The maximum atomic E-state index is 14.0. The molecule has 8 nitrogen and oxygen atoms in total. The number of carbonyl (C=O) groups excluding carboxylic acids is 2. The van der Waals surface area contributed by atoms with Crippen molar-refractivity contribution >= 4 is 39.6 Å². The molecule has 2 amide bonds. The van der Waals surface area contributed by atoms with Gasteiger partial charge in [-0.05, 0) is 50.0 Å². The molecule has 6 rings (SSSR count). The summed E-state index contributed by atoms with van der Waals surface area (Å²) in [5, 5.41) is 5.72. The van der Waals surface area contributed by atoms with Crippen molar-refractivity contribution in [2.75, 3.05) is 13.1 Å². The molecule has 192 valence electrons. The molecule has 0 radical (unpaired) electrons. The molecular weight excluding hydrogens is 506 g/mol. The van der Waals surface area contributed by atoms with Gasteiger partial charge in [-0.1, -0.05) is 37.3 Å².